The van der Waals surface area contributed by atoms with E-state index in [1.165, 1.54) is 22.1 Å². The summed E-state index contributed by atoms with van der Waals surface area (Å²) < 4.78 is 8.11. The van der Waals surface area contributed by atoms with Gasteiger partial charge in [-0.1, -0.05) is 126 Å². The van der Waals surface area contributed by atoms with Crippen LogP contribution in [0, 0.1) is 12.8 Å². The highest BCUT2D eigenvalue weighted by Gasteiger charge is 2.38. The Balaban J connectivity index is 1.34. The van der Waals surface area contributed by atoms with Crippen LogP contribution in [0.15, 0.2) is 149 Å². The minimum atomic E-state index is -1.27. The van der Waals surface area contributed by atoms with E-state index in [0.717, 1.165) is 35.1 Å². The summed E-state index contributed by atoms with van der Waals surface area (Å²) in [6.07, 6.45) is 1.19. The Morgan fingerprint density at radius 2 is 1.33 bits per heavy atom. The third-order valence-corrected chi connectivity index (χ3v) is 9.32. The van der Waals surface area contributed by atoms with Gasteiger partial charge in [-0.05, 0) is 42.0 Å². The van der Waals surface area contributed by atoms with Crippen molar-refractivity contribution in [1.82, 2.24) is 9.71 Å². The van der Waals surface area contributed by atoms with Crippen molar-refractivity contribution < 1.29 is 24.3 Å². The van der Waals surface area contributed by atoms with Gasteiger partial charge in [0.25, 0.3) is 0 Å². The average molecular weight is 698 g/mol. The van der Waals surface area contributed by atoms with E-state index in [4.69, 9.17) is 14.4 Å². The van der Waals surface area contributed by atoms with Gasteiger partial charge in [-0.15, -0.1) is 11.3 Å². The zero-order valence-electron chi connectivity index (χ0n) is 27.7. The smallest absolute Gasteiger partial charge is 0.360 e. The highest BCUT2D eigenvalue weighted by atomic mass is 32.1. The molecule has 0 radical (unpaired) electrons. The van der Waals surface area contributed by atoms with Gasteiger partial charge in [0.2, 0.25) is 11.1 Å². The van der Waals surface area contributed by atoms with E-state index in [2.05, 4.69) is 10.1 Å². The van der Waals surface area contributed by atoms with Crippen molar-refractivity contribution in [2.75, 3.05) is 0 Å². The van der Waals surface area contributed by atoms with E-state index in [-0.39, 0.29) is 28.5 Å². The summed E-state index contributed by atoms with van der Waals surface area (Å²) in [5.41, 5.74) is 3.40. The maximum Gasteiger partial charge on any atom is 0.360 e. The Morgan fingerprint density at radius 3 is 1.78 bits per heavy atom. The van der Waals surface area contributed by atoms with Crippen molar-refractivity contribution >= 4 is 23.0 Å². The van der Waals surface area contributed by atoms with Crippen molar-refractivity contribution in [2.45, 2.75) is 38.1 Å². The van der Waals surface area contributed by atoms with Gasteiger partial charge in [-0.25, -0.2) is 9.78 Å². The molecule has 1 unspecified atom stereocenters. The number of nitrogens with zero attached hydrogens (tertiary/aromatic N) is 3. The average Bonchev–Trinajstić information content (AvgIpc) is 3.92. The lowest BCUT2D eigenvalue weighted by molar-refractivity contribution is -0.129. The number of carbonyl (C=O) groups is 1. The number of aliphatic carboxylic acids is 1. The third kappa shape index (κ3) is 7.92. The van der Waals surface area contributed by atoms with Crippen molar-refractivity contribution in [3.8, 4) is 5.75 Å². The summed E-state index contributed by atoms with van der Waals surface area (Å²) in [6.45, 7) is 1.79. The third-order valence-electron chi connectivity index (χ3n) is 8.55. The van der Waals surface area contributed by atoms with Crippen LogP contribution < -0.4 is 15.0 Å². The van der Waals surface area contributed by atoms with Crippen molar-refractivity contribution in [3.63, 3.8) is 0 Å². The van der Waals surface area contributed by atoms with Crippen LogP contribution in [0.2, 0.25) is 0 Å². The van der Waals surface area contributed by atoms with Gasteiger partial charge in [-0.2, -0.15) is 4.73 Å². The van der Waals surface area contributed by atoms with E-state index in [9.17, 15) is 14.7 Å². The molecule has 1 fully saturated rings. The molecule has 10 heteroatoms. The fraction of sp³-hybridized carbons (Fsp3) is 0.171. The first-order valence-corrected chi connectivity index (χ1v) is 17.5. The topological polar surface area (TPSA) is 112 Å². The number of oxime groups is 1. The lowest BCUT2D eigenvalue weighted by Gasteiger charge is -2.27. The second-order valence-electron chi connectivity index (χ2n) is 12.2. The number of carboxylic acids is 1. The maximum atomic E-state index is 14.0. The second-order valence-corrected chi connectivity index (χ2v) is 13.3. The summed E-state index contributed by atoms with van der Waals surface area (Å²) in [6, 6.07) is 40.4. The summed E-state index contributed by atoms with van der Waals surface area (Å²) in [4.78, 5) is 43.5. The molecule has 6 aromatic rings. The number of hydrogen-bond donors (Lipinski definition) is 1. The maximum absolute atomic E-state index is 14.0. The molecule has 0 aliphatic heterocycles. The number of thiazole rings is 1. The van der Waals surface area contributed by atoms with Crippen LogP contribution in [0.1, 0.15) is 69.8 Å². The number of carboxylic acid groups (broad SMARTS) is 1. The Labute approximate surface area is 299 Å². The lowest BCUT2D eigenvalue weighted by atomic mass is 10.0. The first kappa shape index (κ1) is 33.5. The monoisotopic (exact) mass is 697 g/mol. The van der Waals surface area contributed by atoms with E-state index >= 15 is 0 Å². The molecule has 0 spiro atoms. The van der Waals surface area contributed by atoms with Crippen molar-refractivity contribution in [1.29, 1.82) is 0 Å². The number of aromatic nitrogens is 2. The molecule has 1 aliphatic carbocycles. The van der Waals surface area contributed by atoms with Crippen LogP contribution in [-0.2, 0) is 9.63 Å². The molecule has 256 valence electrons. The standard InChI is InChI=1S/C41H35N3O6S/c1-27-42-33(26-51-27)37(41(46)47)43-49-40(32-22-23-32)34-24-35(45)36(48-38(28-14-6-2-7-15-28)29-16-8-3-9-17-29)25-44(34)50-39(30-18-10-4-11-19-30)31-20-12-5-13-21-31/h2-21,24-26,32,38-40H,22-23H2,1H3,(H,46,47)/b43-37-. The SMILES string of the molecule is Cc1nc(/C(=N/OC(c2cc(=O)c(OC(c3ccccc3)c3ccccc3)cn2OC(c2ccccc2)c2ccccc2)C2CC2)C(=O)O)cs1. The fourth-order valence-electron chi connectivity index (χ4n) is 5.85. The van der Waals surface area contributed by atoms with Gasteiger partial charge in [0, 0.05) is 17.4 Å². The Morgan fingerprint density at radius 1 is 0.824 bits per heavy atom. The zero-order valence-corrected chi connectivity index (χ0v) is 28.6. The van der Waals surface area contributed by atoms with Gasteiger partial charge in [0.05, 0.1) is 11.2 Å². The van der Waals surface area contributed by atoms with Gasteiger partial charge in [-0.3, -0.25) is 4.79 Å². The molecule has 51 heavy (non-hydrogen) atoms. The minimum absolute atomic E-state index is 0.0322. The number of rotatable bonds is 14. The molecule has 0 saturated heterocycles. The molecule has 7 rings (SSSR count). The van der Waals surface area contributed by atoms with Crippen LogP contribution >= 0.6 is 11.3 Å². The summed E-state index contributed by atoms with van der Waals surface area (Å²) in [5, 5.41) is 16.5. The largest absolute Gasteiger partial charge is 0.476 e. The molecule has 1 atom stereocenters. The quantitative estimate of drug-likeness (QED) is 0.0908. The predicted octanol–water partition coefficient (Wildman–Crippen LogP) is 7.96. The van der Waals surface area contributed by atoms with Gasteiger partial charge in [0.1, 0.15) is 17.5 Å². The molecule has 2 heterocycles. The van der Waals surface area contributed by atoms with Crippen molar-refractivity contribution in [3.05, 3.63) is 188 Å². The van der Waals surface area contributed by atoms with Crippen LogP contribution in [-0.4, -0.2) is 26.5 Å². The Kier molecular flexibility index (Phi) is 10.0. The normalized spacial score (nSPS) is 13.6. The summed E-state index contributed by atoms with van der Waals surface area (Å²) in [5.74, 6) is -1.23. The molecule has 1 N–H and O–H groups in total. The molecular formula is C41H35N3O6S. The van der Waals surface area contributed by atoms with E-state index in [1.54, 1.807) is 18.5 Å². The zero-order chi connectivity index (χ0) is 35.2. The van der Waals surface area contributed by atoms with E-state index in [1.807, 2.05) is 121 Å². The first-order chi connectivity index (χ1) is 24.9. The van der Waals surface area contributed by atoms with Crippen molar-refractivity contribution in [2.24, 2.45) is 11.1 Å². The minimum Gasteiger partial charge on any atom is -0.476 e. The van der Waals surface area contributed by atoms with Crippen LogP contribution in [0.25, 0.3) is 0 Å². The van der Waals surface area contributed by atoms with Gasteiger partial charge < -0.3 is 19.5 Å². The van der Waals surface area contributed by atoms with Crippen LogP contribution in [0.5, 0.6) is 5.75 Å². The predicted molar refractivity (Wildman–Crippen MR) is 195 cm³/mol. The van der Waals surface area contributed by atoms with Gasteiger partial charge >= 0.3 is 5.97 Å². The van der Waals surface area contributed by atoms with Crippen LogP contribution in [0.4, 0.5) is 0 Å². The van der Waals surface area contributed by atoms with Crippen LogP contribution in [0.3, 0.4) is 0 Å². The van der Waals surface area contributed by atoms with Gasteiger partial charge in [0.15, 0.2) is 18.0 Å². The number of benzene rings is 4. The molecule has 1 aliphatic rings. The molecule has 1 saturated carbocycles. The Hall–Kier alpha value is -6.00. The first-order valence-electron chi connectivity index (χ1n) is 16.6. The number of aryl methyl sites for hydroxylation is 1. The Bertz CT molecular complexity index is 2090. The fourth-order valence-corrected chi connectivity index (χ4v) is 6.45. The molecule has 0 bridgehead atoms. The number of pyridine rings is 1. The molecular weight excluding hydrogens is 663 g/mol. The lowest BCUT2D eigenvalue weighted by Crippen LogP contribution is -2.28. The molecule has 9 nitrogen and oxygen atoms in total. The van der Waals surface area contributed by atoms with E-state index < -0.39 is 24.3 Å². The summed E-state index contributed by atoms with van der Waals surface area (Å²) >= 11 is 1.32. The summed E-state index contributed by atoms with van der Waals surface area (Å²) in [7, 11) is 0. The molecule has 2 aromatic heterocycles. The highest BCUT2D eigenvalue weighted by Crippen LogP contribution is 2.44. The number of ether oxygens (including phenoxy) is 1. The molecule has 0 amide bonds. The molecule has 4 aromatic carbocycles. The second kappa shape index (κ2) is 15.3. The van der Waals surface area contributed by atoms with E-state index in [0.29, 0.717) is 10.7 Å². The number of hydrogen-bond acceptors (Lipinski definition) is 8. The highest BCUT2D eigenvalue weighted by molar-refractivity contribution is 7.09.